The van der Waals surface area contributed by atoms with Crippen molar-refractivity contribution in [2.24, 2.45) is 0 Å². The van der Waals surface area contributed by atoms with Gasteiger partial charge in [-0.15, -0.1) is 11.8 Å². The maximum atomic E-state index is 12.0. The van der Waals surface area contributed by atoms with Crippen LogP contribution in [0.5, 0.6) is 0 Å². The molecule has 1 aromatic heterocycles. The van der Waals surface area contributed by atoms with E-state index in [-0.39, 0.29) is 6.03 Å². The van der Waals surface area contributed by atoms with Gasteiger partial charge in [0.25, 0.3) is 0 Å². The SMILES string of the molecule is CCn1nc(C)c(CNC(=O)Nc2cccc(SC)c2)c1C. The molecule has 0 aliphatic heterocycles. The van der Waals surface area contributed by atoms with Crippen molar-refractivity contribution in [2.75, 3.05) is 11.6 Å². The van der Waals surface area contributed by atoms with E-state index < -0.39 is 0 Å². The minimum absolute atomic E-state index is 0.207. The standard InChI is InChI=1S/C16H22N4OS/c1-5-20-12(3)15(11(2)19-20)10-17-16(21)18-13-7-6-8-14(9-13)22-4/h6-9H,5,10H2,1-4H3,(H2,17,18,21). The first-order valence-electron chi connectivity index (χ1n) is 7.27. The average molecular weight is 318 g/mol. The molecule has 0 aliphatic carbocycles. The lowest BCUT2D eigenvalue weighted by molar-refractivity contribution is 0.251. The van der Waals surface area contributed by atoms with Crippen LogP contribution in [0.2, 0.25) is 0 Å². The van der Waals surface area contributed by atoms with Crippen LogP contribution in [0.25, 0.3) is 0 Å². The fourth-order valence-electron chi connectivity index (χ4n) is 2.34. The van der Waals surface area contributed by atoms with Gasteiger partial charge >= 0.3 is 6.03 Å². The average Bonchev–Trinajstić information content (AvgIpc) is 2.79. The number of carbonyl (C=O) groups excluding carboxylic acids is 1. The largest absolute Gasteiger partial charge is 0.334 e. The quantitative estimate of drug-likeness (QED) is 0.829. The van der Waals surface area contributed by atoms with E-state index in [4.69, 9.17) is 0 Å². The second-order valence-electron chi connectivity index (χ2n) is 5.00. The minimum Gasteiger partial charge on any atom is -0.334 e. The number of urea groups is 1. The van der Waals surface area contributed by atoms with Crippen molar-refractivity contribution >= 4 is 23.5 Å². The number of anilines is 1. The number of hydrogen-bond acceptors (Lipinski definition) is 3. The molecule has 0 bridgehead atoms. The van der Waals surface area contributed by atoms with Gasteiger partial charge in [0, 0.05) is 34.9 Å². The Morgan fingerprint density at radius 3 is 2.77 bits per heavy atom. The van der Waals surface area contributed by atoms with Crippen molar-refractivity contribution in [3.63, 3.8) is 0 Å². The Morgan fingerprint density at radius 2 is 2.14 bits per heavy atom. The lowest BCUT2D eigenvalue weighted by Crippen LogP contribution is -2.28. The summed E-state index contributed by atoms with van der Waals surface area (Å²) in [7, 11) is 0. The Balaban J connectivity index is 1.97. The fourth-order valence-corrected chi connectivity index (χ4v) is 2.80. The molecule has 1 aromatic carbocycles. The monoisotopic (exact) mass is 318 g/mol. The zero-order chi connectivity index (χ0) is 16.1. The summed E-state index contributed by atoms with van der Waals surface area (Å²) in [5.41, 5.74) is 3.94. The Labute approximate surface area is 135 Å². The molecule has 2 aromatic rings. The molecule has 0 unspecified atom stereocenters. The van der Waals surface area contributed by atoms with Crippen LogP contribution in [-0.2, 0) is 13.1 Å². The molecule has 22 heavy (non-hydrogen) atoms. The summed E-state index contributed by atoms with van der Waals surface area (Å²) in [5, 5.41) is 10.2. The van der Waals surface area contributed by atoms with Gasteiger partial charge in [-0.05, 0) is 45.2 Å². The molecular weight excluding hydrogens is 296 g/mol. The van der Waals surface area contributed by atoms with Crippen LogP contribution in [0.3, 0.4) is 0 Å². The van der Waals surface area contributed by atoms with Gasteiger partial charge in [-0.25, -0.2) is 4.79 Å². The van der Waals surface area contributed by atoms with Gasteiger partial charge in [-0.1, -0.05) is 6.07 Å². The van der Waals surface area contributed by atoms with Gasteiger partial charge in [0.15, 0.2) is 0 Å². The lowest BCUT2D eigenvalue weighted by atomic mass is 10.2. The van der Waals surface area contributed by atoms with Crippen molar-refractivity contribution in [2.45, 2.75) is 38.8 Å². The topological polar surface area (TPSA) is 59.0 Å². The number of hydrogen-bond donors (Lipinski definition) is 2. The molecule has 118 valence electrons. The molecule has 2 N–H and O–H groups in total. The highest BCUT2D eigenvalue weighted by Crippen LogP contribution is 2.19. The van der Waals surface area contributed by atoms with Crippen LogP contribution in [0.15, 0.2) is 29.2 Å². The van der Waals surface area contributed by atoms with Gasteiger partial charge in [-0.3, -0.25) is 4.68 Å². The molecule has 0 saturated carbocycles. The number of benzene rings is 1. The van der Waals surface area contributed by atoms with E-state index in [0.29, 0.717) is 6.54 Å². The van der Waals surface area contributed by atoms with Gasteiger partial charge in [-0.2, -0.15) is 5.10 Å². The Morgan fingerprint density at radius 1 is 1.36 bits per heavy atom. The smallest absolute Gasteiger partial charge is 0.319 e. The number of aromatic nitrogens is 2. The molecule has 2 amide bonds. The van der Waals surface area contributed by atoms with Crippen LogP contribution in [0.4, 0.5) is 10.5 Å². The van der Waals surface area contributed by atoms with Crippen LogP contribution in [0.1, 0.15) is 23.9 Å². The first-order valence-corrected chi connectivity index (χ1v) is 8.49. The van der Waals surface area contributed by atoms with E-state index in [0.717, 1.165) is 34.1 Å². The molecule has 1 heterocycles. The van der Waals surface area contributed by atoms with Crippen LogP contribution in [0, 0.1) is 13.8 Å². The Hall–Kier alpha value is -1.95. The number of rotatable bonds is 5. The molecule has 0 radical (unpaired) electrons. The van der Waals surface area contributed by atoms with Crippen molar-refractivity contribution in [1.29, 1.82) is 0 Å². The molecule has 0 atom stereocenters. The molecule has 2 rings (SSSR count). The van der Waals surface area contributed by atoms with Gasteiger partial charge < -0.3 is 10.6 Å². The summed E-state index contributed by atoms with van der Waals surface area (Å²) < 4.78 is 1.95. The Bertz CT molecular complexity index is 666. The predicted octanol–water partition coefficient (Wildman–Crippen LogP) is 3.56. The second kappa shape index (κ2) is 7.35. The maximum absolute atomic E-state index is 12.0. The highest BCUT2D eigenvalue weighted by atomic mass is 32.2. The molecular formula is C16H22N4OS. The third kappa shape index (κ3) is 3.82. The van der Waals surface area contributed by atoms with Crippen molar-refractivity contribution < 1.29 is 4.79 Å². The summed E-state index contributed by atoms with van der Waals surface area (Å²) in [6, 6.07) is 7.57. The van der Waals surface area contributed by atoms with Crippen LogP contribution in [-0.4, -0.2) is 22.1 Å². The van der Waals surface area contributed by atoms with Gasteiger partial charge in [0.05, 0.1) is 5.69 Å². The summed E-state index contributed by atoms with van der Waals surface area (Å²) in [5.74, 6) is 0. The third-order valence-corrected chi connectivity index (χ3v) is 4.31. The summed E-state index contributed by atoms with van der Waals surface area (Å²) in [6.45, 7) is 7.37. The Kier molecular flexibility index (Phi) is 5.49. The molecule has 5 nitrogen and oxygen atoms in total. The number of carbonyl (C=O) groups is 1. The summed E-state index contributed by atoms with van der Waals surface area (Å²) in [4.78, 5) is 13.1. The van der Waals surface area contributed by atoms with Gasteiger partial charge in [0.2, 0.25) is 0 Å². The van der Waals surface area contributed by atoms with Crippen molar-refractivity contribution in [1.82, 2.24) is 15.1 Å². The number of nitrogens with zero attached hydrogens (tertiary/aromatic N) is 2. The predicted molar refractivity (Wildman–Crippen MR) is 91.5 cm³/mol. The summed E-state index contributed by atoms with van der Waals surface area (Å²) >= 11 is 1.65. The van der Waals surface area contributed by atoms with E-state index in [1.54, 1.807) is 11.8 Å². The summed E-state index contributed by atoms with van der Waals surface area (Å²) in [6.07, 6.45) is 2.01. The van der Waals surface area contributed by atoms with E-state index in [1.807, 2.05) is 49.1 Å². The van der Waals surface area contributed by atoms with E-state index in [9.17, 15) is 4.79 Å². The highest BCUT2D eigenvalue weighted by Gasteiger charge is 2.11. The normalized spacial score (nSPS) is 10.5. The molecule has 0 saturated heterocycles. The van der Waals surface area contributed by atoms with E-state index in [1.165, 1.54) is 0 Å². The molecule has 0 fully saturated rings. The minimum atomic E-state index is -0.207. The molecule has 0 aliphatic rings. The first-order chi connectivity index (χ1) is 10.5. The zero-order valence-corrected chi connectivity index (χ0v) is 14.3. The van der Waals surface area contributed by atoms with Gasteiger partial charge in [0.1, 0.15) is 0 Å². The second-order valence-corrected chi connectivity index (χ2v) is 5.88. The van der Waals surface area contributed by atoms with E-state index >= 15 is 0 Å². The van der Waals surface area contributed by atoms with Crippen LogP contribution < -0.4 is 10.6 Å². The number of amides is 2. The maximum Gasteiger partial charge on any atom is 0.319 e. The van der Waals surface area contributed by atoms with Crippen LogP contribution >= 0.6 is 11.8 Å². The molecule has 0 spiro atoms. The fraction of sp³-hybridized carbons (Fsp3) is 0.375. The number of aryl methyl sites for hydroxylation is 2. The third-order valence-electron chi connectivity index (χ3n) is 3.58. The number of thioether (sulfide) groups is 1. The van der Waals surface area contributed by atoms with E-state index in [2.05, 4.69) is 22.7 Å². The lowest BCUT2D eigenvalue weighted by Gasteiger charge is -2.09. The zero-order valence-electron chi connectivity index (χ0n) is 13.4. The number of nitrogens with one attached hydrogen (secondary N) is 2. The first kappa shape index (κ1) is 16.4. The molecule has 6 heteroatoms. The van der Waals surface area contributed by atoms with Crippen molar-refractivity contribution in [3.05, 3.63) is 41.2 Å². The highest BCUT2D eigenvalue weighted by molar-refractivity contribution is 7.98. The van der Waals surface area contributed by atoms with Crippen molar-refractivity contribution in [3.8, 4) is 0 Å².